The van der Waals surface area contributed by atoms with Crippen molar-refractivity contribution in [1.29, 1.82) is 0 Å². The molecule has 162 valence electrons. The molecule has 8 nitrogen and oxygen atoms in total. The molecule has 1 amide bonds. The van der Waals surface area contributed by atoms with E-state index in [4.69, 9.17) is 5.10 Å². The first-order chi connectivity index (χ1) is 15.3. The summed E-state index contributed by atoms with van der Waals surface area (Å²) in [7, 11) is 0. The molecule has 9 heteroatoms. The lowest BCUT2D eigenvalue weighted by atomic mass is 10.0. The van der Waals surface area contributed by atoms with Gasteiger partial charge in [-0.25, -0.2) is 9.36 Å². The Hall–Kier alpha value is -2.68. The summed E-state index contributed by atoms with van der Waals surface area (Å²) in [5.41, 5.74) is 2.01. The predicted octanol–water partition coefficient (Wildman–Crippen LogP) is 4.36. The van der Waals surface area contributed by atoms with Crippen molar-refractivity contribution in [1.82, 2.24) is 30.0 Å². The average molecular weight is 438 g/mol. The van der Waals surface area contributed by atoms with Crippen LogP contribution in [0.5, 0.6) is 0 Å². The molecule has 0 spiro atoms. The number of carbonyl (C=O) groups is 1. The van der Waals surface area contributed by atoms with Crippen LogP contribution in [0.1, 0.15) is 69.0 Å². The third-order valence-electron chi connectivity index (χ3n) is 6.24. The van der Waals surface area contributed by atoms with Crippen LogP contribution in [-0.4, -0.2) is 41.6 Å². The van der Waals surface area contributed by atoms with Gasteiger partial charge in [0.2, 0.25) is 11.1 Å². The van der Waals surface area contributed by atoms with E-state index < -0.39 is 0 Å². The van der Waals surface area contributed by atoms with Crippen LogP contribution in [0, 0.1) is 0 Å². The molecule has 0 bridgehead atoms. The molecular formula is C22H27N7OS. The van der Waals surface area contributed by atoms with E-state index in [0.717, 1.165) is 24.2 Å². The smallest absolute Gasteiger partial charge is 0.236 e. The molecule has 0 radical (unpaired) electrons. The normalized spacial score (nSPS) is 17.4. The van der Waals surface area contributed by atoms with Gasteiger partial charge >= 0.3 is 0 Å². The summed E-state index contributed by atoms with van der Waals surface area (Å²) in [6.45, 7) is 0. The Balaban J connectivity index is 1.30. The summed E-state index contributed by atoms with van der Waals surface area (Å²) in [6, 6.07) is 12.3. The van der Waals surface area contributed by atoms with Crippen LogP contribution >= 0.6 is 11.8 Å². The van der Waals surface area contributed by atoms with Gasteiger partial charge in [0.1, 0.15) is 5.82 Å². The Bertz CT molecular complexity index is 1020. The summed E-state index contributed by atoms with van der Waals surface area (Å²) in [5.74, 6) is 1.37. The molecule has 2 aromatic heterocycles. The van der Waals surface area contributed by atoms with Crippen LogP contribution in [0.25, 0.3) is 5.69 Å². The van der Waals surface area contributed by atoms with Crippen LogP contribution in [0.2, 0.25) is 0 Å². The molecule has 0 saturated heterocycles. The molecule has 3 aromatic rings. The molecule has 2 aliphatic rings. The van der Waals surface area contributed by atoms with Crippen molar-refractivity contribution < 1.29 is 4.79 Å². The van der Waals surface area contributed by atoms with E-state index in [0.29, 0.717) is 22.9 Å². The van der Waals surface area contributed by atoms with E-state index in [1.165, 1.54) is 50.3 Å². The number of tetrazole rings is 1. The Morgan fingerprint density at radius 2 is 1.81 bits per heavy atom. The van der Waals surface area contributed by atoms with Gasteiger partial charge in [-0.2, -0.15) is 5.10 Å². The minimum Gasteiger partial charge on any atom is -0.310 e. The number of carbonyl (C=O) groups excluding carboxylic acids is 1. The summed E-state index contributed by atoms with van der Waals surface area (Å²) in [4.78, 5) is 12.8. The lowest BCUT2D eigenvalue weighted by Crippen LogP contribution is -2.17. The molecule has 0 atom stereocenters. The number of amides is 1. The highest BCUT2D eigenvalue weighted by Gasteiger charge is 2.24. The van der Waals surface area contributed by atoms with E-state index in [2.05, 4.69) is 20.8 Å². The highest BCUT2D eigenvalue weighted by Crippen LogP contribution is 2.35. The third kappa shape index (κ3) is 4.51. The van der Waals surface area contributed by atoms with Gasteiger partial charge in [-0.05, 0) is 48.2 Å². The number of hydrogen-bond acceptors (Lipinski definition) is 6. The van der Waals surface area contributed by atoms with Crippen molar-refractivity contribution in [2.24, 2.45) is 0 Å². The second-order valence-electron chi connectivity index (χ2n) is 8.36. The standard InChI is InChI=1S/C22H27N7OS/c30-21(15-31-22-24-26-27-29(22)18-12-6-7-13-18)23-20-14-19(16-8-4-5-9-16)25-28(20)17-10-2-1-3-11-17/h1-3,10-11,14,16,18H,4-9,12-13,15H2,(H,23,30). The van der Waals surface area contributed by atoms with Gasteiger partial charge in [0.25, 0.3) is 0 Å². The molecule has 1 aromatic carbocycles. The van der Waals surface area contributed by atoms with Crippen LogP contribution in [0.3, 0.4) is 0 Å². The maximum absolute atomic E-state index is 12.8. The van der Waals surface area contributed by atoms with Crippen LogP contribution in [0.15, 0.2) is 41.6 Å². The van der Waals surface area contributed by atoms with Crippen LogP contribution in [-0.2, 0) is 4.79 Å². The highest BCUT2D eigenvalue weighted by atomic mass is 32.2. The molecular weight excluding hydrogens is 410 g/mol. The molecule has 2 heterocycles. The monoisotopic (exact) mass is 437 g/mol. The van der Waals surface area contributed by atoms with Crippen molar-refractivity contribution in [2.45, 2.75) is 68.5 Å². The number of benzene rings is 1. The SMILES string of the molecule is O=C(CSc1nnnn1C1CCCC1)Nc1cc(C2CCCC2)nn1-c1ccccc1. The number of thioether (sulfide) groups is 1. The zero-order valence-electron chi connectivity index (χ0n) is 17.5. The number of para-hydroxylation sites is 1. The van der Waals surface area contributed by atoms with Gasteiger partial charge in [0, 0.05) is 12.0 Å². The first kappa shape index (κ1) is 20.2. The number of nitrogens with zero attached hydrogens (tertiary/aromatic N) is 6. The van der Waals surface area contributed by atoms with E-state index >= 15 is 0 Å². The molecule has 1 N–H and O–H groups in total. The average Bonchev–Trinajstić information content (AvgIpc) is 3.59. The summed E-state index contributed by atoms with van der Waals surface area (Å²) in [6.07, 6.45) is 9.45. The molecule has 2 fully saturated rings. The van der Waals surface area contributed by atoms with Gasteiger partial charge in [-0.3, -0.25) is 4.79 Å². The quantitative estimate of drug-likeness (QED) is 0.552. The van der Waals surface area contributed by atoms with Crippen molar-refractivity contribution in [2.75, 3.05) is 11.1 Å². The number of rotatable bonds is 7. The van der Waals surface area contributed by atoms with Crippen molar-refractivity contribution in [3.63, 3.8) is 0 Å². The minimum absolute atomic E-state index is 0.0824. The summed E-state index contributed by atoms with van der Waals surface area (Å²) >= 11 is 1.39. The van der Waals surface area contributed by atoms with Crippen molar-refractivity contribution >= 4 is 23.5 Å². The highest BCUT2D eigenvalue weighted by molar-refractivity contribution is 7.99. The van der Waals surface area contributed by atoms with Gasteiger partial charge in [-0.1, -0.05) is 55.6 Å². The molecule has 31 heavy (non-hydrogen) atoms. The zero-order chi connectivity index (χ0) is 21.0. The maximum atomic E-state index is 12.8. The molecule has 0 aliphatic heterocycles. The minimum atomic E-state index is -0.0824. The molecule has 2 aliphatic carbocycles. The van der Waals surface area contributed by atoms with Crippen molar-refractivity contribution in [3.05, 3.63) is 42.1 Å². The first-order valence-corrected chi connectivity index (χ1v) is 12.1. The topological polar surface area (TPSA) is 90.5 Å². The second kappa shape index (κ2) is 9.21. The number of aromatic nitrogens is 6. The Morgan fingerprint density at radius 3 is 2.58 bits per heavy atom. The van der Waals surface area contributed by atoms with E-state index in [9.17, 15) is 4.79 Å². The Kier molecular flexibility index (Phi) is 6.01. The van der Waals surface area contributed by atoms with Crippen molar-refractivity contribution in [3.8, 4) is 5.69 Å². The van der Waals surface area contributed by atoms with Crippen LogP contribution < -0.4 is 5.32 Å². The van der Waals surface area contributed by atoms with E-state index in [1.54, 1.807) is 0 Å². The van der Waals surface area contributed by atoms with Gasteiger partial charge in [-0.15, -0.1) is 5.10 Å². The lowest BCUT2D eigenvalue weighted by molar-refractivity contribution is -0.113. The maximum Gasteiger partial charge on any atom is 0.236 e. The fraction of sp³-hybridized carbons (Fsp3) is 0.500. The van der Waals surface area contributed by atoms with Gasteiger partial charge in [0.15, 0.2) is 0 Å². The number of anilines is 1. The number of hydrogen-bond donors (Lipinski definition) is 1. The van der Waals surface area contributed by atoms with E-state index in [-0.39, 0.29) is 11.7 Å². The summed E-state index contributed by atoms with van der Waals surface area (Å²) in [5, 5.41) is 20.7. The Morgan fingerprint density at radius 1 is 1.06 bits per heavy atom. The number of nitrogens with one attached hydrogen (secondary N) is 1. The zero-order valence-corrected chi connectivity index (χ0v) is 18.3. The van der Waals surface area contributed by atoms with Gasteiger partial charge in [0.05, 0.1) is 23.2 Å². The van der Waals surface area contributed by atoms with E-state index in [1.807, 2.05) is 45.8 Å². The molecule has 0 unspecified atom stereocenters. The fourth-order valence-electron chi connectivity index (χ4n) is 4.64. The third-order valence-corrected chi connectivity index (χ3v) is 7.17. The van der Waals surface area contributed by atoms with Crippen LogP contribution in [0.4, 0.5) is 5.82 Å². The van der Waals surface area contributed by atoms with Gasteiger partial charge < -0.3 is 5.32 Å². The summed E-state index contributed by atoms with van der Waals surface area (Å²) < 4.78 is 3.73. The molecule has 5 rings (SSSR count). The Labute approximate surface area is 185 Å². The predicted molar refractivity (Wildman–Crippen MR) is 119 cm³/mol. The fourth-order valence-corrected chi connectivity index (χ4v) is 5.39. The largest absolute Gasteiger partial charge is 0.310 e. The first-order valence-electron chi connectivity index (χ1n) is 11.1. The second-order valence-corrected chi connectivity index (χ2v) is 9.31. The molecule has 2 saturated carbocycles. The lowest BCUT2D eigenvalue weighted by Gasteiger charge is -2.11.